The molecule has 1 heterocycles. The summed E-state index contributed by atoms with van der Waals surface area (Å²) in [6, 6.07) is 2.02. The Morgan fingerprint density at radius 3 is 2.32 bits per heavy atom. The Balaban J connectivity index is 2.69. The lowest BCUT2D eigenvalue weighted by atomic mass is 10.2. The summed E-state index contributed by atoms with van der Waals surface area (Å²) in [7, 11) is 0. The monoisotopic (exact) mass is 264 g/mol. The summed E-state index contributed by atoms with van der Waals surface area (Å²) in [5.41, 5.74) is 0. The molecule has 1 aromatic heterocycles. The maximum atomic E-state index is 4.62. The quantitative estimate of drug-likeness (QED) is 0.699. The third-order valence-electron chi connectivity index (χ3n) is 3.06. The molecule has 0 aromatic carbocycles. The van der Waals surface area contributed by atoms with Crippen molar-refractivity contribution in [1.29, 1.82) is 0 Å². The summed E-state index contributed by atoms with van der Waals surface area (Å²) in [5.74, 6) is 1.80. The average molecular weight is 264 g/mol. The fourth-order valence-corrected chi connectivity index (χ4v) is 1.89. The molecule has 19 heavy (non-hydrogen) atoms. The second kappa shape index (κ2) is 9.59. The molecule has 108 valence electrons. The lowest BCUT2D eigenvalue weighted by Crippen LogP contribution is -2.26. The molecule has 0 unspecified atom stereocenters. The molecule has 0 aliphatic carbocycles. The zero-order valence-electron chi connectivity index (χ0n) is 12.7. The number of hydrogen-bond acceptors (Lipinski definition) is 4. The summed E-state index contributed by atoms with van der Waals surface area (Å²) in [5, 5.41) is 3.25. The first-order chi connectivity index (χ1) is 9.31. The van der Waals surface area contributed by atoms with E-state index in [-0.39, 0.29) is 0 Å². The molecule has 0 aliphatic heterocycles. The van der Waals surface area contributed by atoms with Crippen molar-refractivity contribution in [2.75, 3.05) is 29.9 Å². The van der Waals surface area contributed by atoms with E-state index in [0.29, 0.717) is 0 Å². The molecular formula is C15H28N4. The zero-order chi connectivity index (χ0) is 13.9. The molecule has 0 bridgehead atoms. The first kappa shape index (κ1) is 15.7. The molecule has 0 amide bonds. The van der Waals surface area contributed by atoms with Gasteiger partial charge in [0.2, 0.25) is 5.95 Å². The highest BCUT2D eigenvalue weighted by molar-refractivity contribution is 5.42. The number of rotatable bonds is 10. The van der Waals surface area contributed by atoms with Gasteiger partial charge in [-0.15, -0.1) is 0 Å². The van der Waals surface area contributed by atoms with Crippen LogP contribution < -0.4 is 10.2 Å². The number of hydrogen-bond donors (Lipinski definition) is 1. The van der Waals surface area contributed by atoms with Gasteiger partial charge < -0.3 is 10.2 Å². The number of unbranched alkanes of at least 4 members (excludes halogenated alkanes) is 2. The van der Waals surface area contributed by atoms with E-state index in [4.69, 9.17) is 0 Å². The fraction of sp³-hybridized carbons (Fsp3) is 0.733. The maximum absolute atomic E-state index is 4.62. The van der Waals surface area contributed by atoms with E-state index in [0.717, 1.165) is 37.8 Å². The Morgan fingerprint density at radius 1 is 1.05 bits per heavy atom. The van der Waals surface area contributed by atoms with Gasteiger partial charge in [-0.1, -0.05) is 33.6 Å². The van der Waals surface area contributed by atoms with E-state index >= 15 is 0 Å². The molecule has 0 spiro atoms. The molecule has 0 radical (unpaired) electrons. The van der Waals surface area contributed by atoms with E-state index in [9.17, 15) is 0 Å². The van der Waals surface area contributed by atoms with E-state index < -0.39 is 0 Å². The fourth-order valence-electron chi connectivity index (χ4n) is 1.89. The van der Waals surface area contributed by atoms with Crippen molar-refractivity contribution >= 4 is 11.8 Å². The van der Waals surface area contributed by atoms with E-state index in [2.05, 4.69) is 41.0 Å². The Morgan fingerprint density at radius 2 is 1.74 bits per heavy atom. The number of anilines is 2. The summed E-state index contributed by atoms with van der Waals surface area (Å²) < 4.78 is 0. The van der Waals surface area contributed by atoms with Gasteiger partial charge >= 0.3 is 0 Å². The van der Waals surface area contributed by atoms with Crippen LogP contribution in [0.4, 0.5) is 11.8 Å². The molecule has 1 rings (SSSR count). The molecule has 0 saturated carbocycles. The van der Waals surface area contributed by atoms with Crippen LogP contribution in [0.25, 0.3) is 0 Å². The molecular weight excluding hydrogens is 236 g/mol. The minimum absolute atomic E-state index is 0.748. The molecule has 0 atom stereocenters. The van der Waals surface area contributed by atoms with Crippen molar-refractivity contribution < 1.29 is 0 Å². The molecule has 0 saturated heterocycles. The summed E-state index contributed by atoms with van der Waals surface area (Å²) in [4.78, 5) is 11.3. The largest absolute Gasteiger partial charge is 0.356 e. The van der Waals surface area contributed by atoms with E-state index in [1.165, 1.54) is 25.7 Å². The highest BCUT2D eigenvalue weighted by Crippen LogP contribution is 2.14. The van der Waals surface area contributed by atoms with Crippen LogP contribution in [0.1, 0.15) is 52.9 Å². The van der Waals surface area contributed by atoms with Crippen molar-refractivity contribution in [2.45, 2.75) is 52.9 Å². The standard InChI is InChI=1S/C15H28N4/c1-4-7-12-19(13-8-5-2)14-9-11-17-15(18-14)16-10-6-3/h9,11H,4-8,10,12-13H2,1-3H3,(H,16,17,18). The first-order valence-corrected chi connectivity index (χ1v) is 7.63. The van der Waals surface area contributed by atoms with Gasteiger partial charge in [0.1, 0.15) is 5.82 Å². The van der Waals surface area contributed by atoms with Gasteiger partial charge in [-0.3, -0.25) is 0 Å². The minimum Gasteiger partial charge on any atom is -0.356 e. The zero-order valence-corrected chi connectivity index (χ0v) is 12.7. The van der Waals surface area contributed by atoms with Crippen molar-refractivity contribution in [3.8, 4) is 0 Å². The van der Waals surface area contributed by atoms with Crippen LogP contribution in [-0.4, -0.2) is 29.6 Å². The first-order valence-electron chi connectivity index (χ1n) is 7.63. The topological polar surface area (TPSA) is 41.1 Å². The highest BCUT2D eigenvalue weighted by atomic mass is 15.2. The number of nitrogens with zero attached hydrogens (tertiary/aromatic N) is 3. The Bertz CT molecular complexity index is 333. The second-order valence-electron chi connectivity index (χ2n) is 4.86. The van der Waals surface area contributed by atoms with E-state index in [1.807, 2.05) is 12.3 Å². The minimum atomic E-state index is 0.748. The van der Waals surface area contributed by atoms with Crippen molar-refractivity contribution in [2.24, 2.45) is 0 Å². The third-order valence-corrected chi connectivity index (χ3v) is 3.06. The predicted molar refractivity (Wildman–Crippen MR) is 82.8 cm³/mol. The molecule has 4 heteroatoms. The predicted octanol–water partition coefficient (Wildman–Crippen LogP) is 3.71. The van der Waals surface area contributed by atoms with Crippen LogP contribution in [0.5, 0.6) is 0 Å². The van der Waals surface area contributed by atoms with Gasteiger partial charge in [-0.25, -0.2) is 4.98 Å². The summed E-state index contributed by atoms with van der Waals surface area (Å²) >= 11 is 0. The summed E-state index contributed by atoms with van der Waals surface area (Å²) in [6.07, 6.45) is 7.80. The van der Waals surface area contributed by atoms with Gasteiger partial charge in [0, 0.05) is 25.8 Å². The van der Waals surface area contributed by atoms with Gasteiger partial charge in [-0.2, -0.15) is 4.98 Å². The van der Waals surface area contributed by atoms with Crippen LogP contribution in [0, 0.1) is 0 Å². The lowest BCUT2D eigenvalue weighted by molar-refractivity contribution is 0.670. The number of aromatic nitrogens is 2. The van der Waals surface area contributed by atoms with Gasteiger partial charge in [0.05, 0.1) is 0 Å². The highest BCUT2D eigenvalue weighted by Gasteiger charge is 2.08. The normalized spacial score (nSPS) is 10.5. The molecule has 4 nitrogen and oxygen atoms in total. The average Bonchev–Trinajstić information content (AvgIpc) is 2.45. The van der Waals surface area contributed by atoms with Crippen LogP contribution in [0.2, 0.25) is 0 Å². The Labute approximate surface area is 117 Å². The number of nitrogens with one attached hydrogen (secondary N) is 1. The van der Waals surface area contributed by atoms with Gasteiger partial charge in [0.15, 0.2) is 0 Å². The van der Waals surface area contributed by atoms with Crippen LogP contribution >= 0.6 is 0 Å². The molecule has 0 aliphatic rings. The maximum Gasteiger partial charge on any atom is 0.224 e. The van der Waals surface area contributed by atoms with Crippen molar-refractivity contribution in [3.05, 3.63) is 12.3 Å². The van der Waals surface area contributed by atoms with Gasteiger partial charge in [-0.05, 0) is 25.3 Å². The molecule has 0 fully saturated rings. The second-order valence-corrected chi connectivity index (χ2v) is 4.86. The molecule has 1 N–H and O–H groups in total. The third kappa shape index (κ3) is 5.90. The van der Waals surface area contributed by atoms with Crippen molar-refractivity contribution in [1.82, 2.24) is 9.97 Å². The Hall–Kier alpha value is -1.32. The Kier molecular flexibility index (Phi) is 7.94. The SMILES string of the molecule is CCCCN(CCCC)c1ccnc(NCCC)n1. The van der Waals surface area contributed by atoms with Crippen LogP contribution in [-0.2, 0) is 0 Å². The van der Waals surface area contributed by atoms with Crippen LogP contribution in [0.15, 0.2) is 12.3 Å². The lowest BCUT2D eigenvalue weighted by Gasteiger charge is -2.23. The molecule has 1 aromatic rings. The smallest absolute Gasteiger partial charge is 0.224 e. The van der Waals surface area contributed by atoms with Crippen molar-refractivity contribution in [3.63, 3.8) is 0 Å². The van der Waals surface area contributed by atoms with E-state index in [1.54, 1.807) is 0 Å². The summed E-state index contributed by atoms with van der Waals surface area (Å²) in [6.45, 7) is 9.69. The van der Waals surface area contributed by atoms with Gasteiger partial charge in [0.25, 0.3) is 0 Å². The van der Waals surface area contributed by atoms with Crippen LogP contribution in [0.3, 0.4) is 0 Å².